The Morgan fingerprint density at radius 3 is 1.35 bits per heavy atom. The van der Waals surface area contributed by atoms with Crippen LogP contribution in [0, 0.1) is 0 Å². The van der Waals surface area contributed by atoms with Gasteiger partial charge in [0.05, 0.1) is 0 Å². The predicted octanol–water partition coefficient (Wildman–Crippen LogP) is 8.67. The Labute approximate surface area is 378 Å². The van der Waals surface area contributed by atoms with Gasteiger partial charge in [0.25, 0.3) is 0 Å². The molecule has 0 aromatic heterocycles. The summed E-state index contributed by atoms with van der Waals surface area (Å²) in [6, 6.07) is -1.75. The summed E-state index contributed by atoms with van der Waals surface area (Å²) in [5.41, 5.74) is 11.6. The highest BCUT2D eigenvalue weighted by atomic mass is 16.2. The van der Waals surface area contributed by atoms with Gasteiger partial charge in [0.15, 0.2) is 0 Å². The zero-order valence-electron chi connectivity index (χ0n) is 40.1. The van der Waals surface area contributed by atoms with Gasteiger partial charge in [-0.05, 0) is 83.7 Å². The lowest BCUT2D eigenvalue weighted by Crippen LogP contribution is -2.54. The molecule has 5 amide bonds. The van der Waals surface area contributed by atoms with E-state index in [2.05, 4.69) is 24.5 Å². The fourth-order valence-electron chi connectivity index (χ4n) is 9.29. The quantitative estimate of drug-likeness (QED) is 0.0448. The van der Waals surface area contributed by atoms with Crippen LogP contribution in [0.5, 0.6) is 0 Å². The highest BCUT2D eigenvalue weighted by Gasteiger charge is 2.37. The van der Waals surface area contributed by atoms with Gasteiger partial charge in [0.1, 0.15) is 18.1 Å². The molecule has 0 aromatic carbocycles. The minimum absolute atomic E-state index is 0.0290. The van der Waals surface area contributed by atoms with E-state index >= 15 is 0 Å². The van der Waals surface area contributed by atoms with Crippen molar-refractivity contribution in [3.05, 3.63) is 0 Å². The van der Waals surface area contributed by atoms with E-state index in [9.17, 15) is 24.0 Å². The van der Waals surface area contributed by atoms with Gasteiger partial charge in [-0.1, -0.05) is 142 Å². The molecule has 6 N–H and O–H groups in total. The Bertz CT molecular complexity index is 1200. The minimum atomic E-state index is -0.753. The third kappa shape index (κ3) is 23.8. The first kappa shape index (κ1) is 55.4. The van der Waals surface area contributed by atoms with E-state index in [0.717, 1.165) is 44.9 Å². The van der Waals surface area contributed by atoms with Crippen molar-refractivity contribution in [1.82, 2.24) is 25.3 Å². The molecule has 12 heteroatoms. The van der Waals surface area contributed by atoms with Gasteiger partial charge < -0.3 is 36.8 Å². The Hall–Kier alpha value is -2.73. The summed E-state index contributed by atoms with van der Waals surface area (Å²) in [7, 11) is 0. The molecule has 0 spiro atoms. The van der Waals surface area contributed by atoms with Crippen LogP contribution in [-0.4, -0.2) is 108 Å². The summed E-state index contributed by atoms with van der Waals surface area (Å²) in [5, 5.41) is 6.14. The molecule has 0 radical (unpaired) electrons. The number of nitrogens with one attached hydrogen (secondary N) is 2. The fourth-order valence-corrected chi connectivity index (χ4v) is 9.29. The third-order valence-electron chi connectivity index (χ3n) is 13.1. The topological polar surface area (TPSA) is 171 Å². The van der Waals surface area contributed by atoms with Crippen LogP contribution in [0.1, 0.15) is 226 Å². The number of nitrogens with two attached hydrogens (primary N) is 2. The number of carbonyl (C=O) groups excluding carboxylic acids is 5. The molecule has 2 fully saturated rings. The van der Waals surface area contributed by atoms with Crippen LogP contribution in [-0.2, 0) is 24.0 Å². The zero-order chi connectivity index (χ0) is 45.0. The van der Waals surface area contributed by atoms with Gasteiger partial charge in [-0.2, -0.15) is 0 Å². The molecule has 3 atom stereocenters. The molecule has 2 aliphatic heterocycles. The second-order valence-electron chi connectivity index (χ2n) is 18.5. The molecule has 2 heterocycles. The summed E-state index contributed by atoms with van der Waals surface area (Å²) in [6.45, 7) is 8.00. The van der Waals surface area contributed by atoms with Crippen molar-refractivity contribution in [2.24, 2.45) is 11.5 Å². The smallest absolute Gasteiger partial charge is 0.245 e. The summed E-state index contributed by atoms with van der Waals surface area (Å²) in [4.78, 5) is 73.0. The van der Waals surface area contributed by atoms with Crippen LogP contribution >= 0.6 is 0 Å². The summed E-state index contributed by atoms with van der Waals surface area (Å²) in [6.07, 6.45) is 33.8. The molecular weight excluding hydrogens is 779 g/mol. The van der Waals surface area contributed by atoms with Gasteiger partial charge in [0.2, 0.25) is 29.5 Å². The molecular formula is C50H95N7O5. The van der Waals surface area contributed by atoms with Crippen LogP contribution < -0.4 is 22.1 Å². The van der Waals surface area contributed by atoms with Crippen LogP contribution in [0.2, 0.25) is 0 Å². The Kier molecular flexibility index (Phi) is 32.7. The molecule has 12 nitrogen and oxygen atoms in total. The van der Waals surface area contributed by atoms with Gasteiger partial charge in [-0.25, -0.2) is 0 Å². The van der Waals surface area contributed by atoms with Crippen molar-refractivity contribution in [2.45, 2.75) is 244 Å². The summed E-state index contributed by atoms with van der Waals surface area (Å²) < 4.78 is 0. The van der Waals surface area contributed by atoms with E-state index in [-0.39, 0.29) is 29.5 Å². The first-order valence-electron chi connectivity index (χ1n) is 26.1. The van der Waals surface area contributed by atoms with E-state index in [1.807, 2.05) is 0 Å². The van der Waals surface area contributed by atoms with Crippen LogP contribution in [0.3, 0.4) is 0 Å². The van der Waals surface area contributed by atoms with Gasteiger partial charge in [-0.3, -0.25) is 24.0 Å². The molecule has 62 heavy (non-hydrogen) atoms. The van der Waals surface area contributed by atoms with Crippen molar-refractivity contribution in [3.8, 4) is 0 Å². The van der Waals surface area contributed by atoms with Crippen molar-refractivity contribution >= 4 is 29.5 Å². The lowest BCUT2D eigenvalue weighted by molar-refractivity contribution is -0.141. The number of carbonyl (C=O) groups is 5. The van der Waals surface area contributed by atoms with Crippen LogP contribution in [0.4, 0.5) is 0 Å². The zero-order valence-corrected chi connectivity index (χ0v) is 40.1. The van der Waals surface area contributed by atoms with E-state index < -0.39 is 18.1 Å². The van der Waals surface area contributed by atoms with Crippen molar-refractivity contribution in [3.63, 3.8) is 0 Å². The monoisotopic (exact) mass is 874 g/mol. The second-order valence-corrected chi connectivity index (χ2v) is 18.5. The number of amides is 5. The molecule has 0 aliphatic carbocycles. The number of nitrogens with zero attached hydrogens (tertiary/aromatic N) is 3. The maximum absolute atomic E-state index is 14.0. The number of rotatable bonds is 39. The Balaban J connectivity index is 1.83. The van der Waals surface area contributed by atoms with Gasteiger partial charge in [-0.15, -0.1) is 0 Å². The first-order valence-corrected chi connectivity index (χ1v) is 26.1. The maximum Gasteiger partial charge on any atom is 0.245 e. The second kappa shape index (κ2) is 36.6. The molecule has 2 aliphatic rings. The molecule has 0 aromatic rings. The molecule has 2 saturated heterocycles. The molecule has 0 saturated carbocycles. The normalized spacial score (nSPS) is 16.8. The lowest BCUT2D eigenvalue weighted by Gasteiger charge is -2.30. The number of likely N-dealkylation sites (tertiary alicyclic amines) is 2. The summed E-state index contributed by atoms with van der Waals surface area (Å²) in [5.74, 6) is -0.413. The molecule has 3 unspecified atom stereocenters. The average molecular weight is 874 g/mol. The van der Waals surface area contributed by atoms with Gasteiger partial charge >= 0.3 is 0 Å². The minimum Gasteiger partial charge on any atom is -0.354 e. The highest BCUT2D eigenvalue weighted by Crippen LogP contribution is 2.22. The van der Waals surface area contributed by atoms with E-state index in [4.69, 9.17) is 11.5 Å². The molecule has 2 rings (SSSR count). The molecule has 360 valence electrons. The van der Waals surface area contributed by atoms with Crippen molar-refractivity contribution < 1.29 is 24.0 Å². The molecule has 0 bridgehead atoms. The van der Waals surface area contributed by atoms with E-state index in [0.29, 0.717) is 104 Å². The van der Waals surface area contributed by atoms with Crippen molar-refractivity contribution in [2.75, 3.05) is 45.8 Å². The fraction of sp³-hybridized carbons (Fsp3) is 0.900. The first-order chi connectivity index (χ1) is 30.3. The maximum atomic E-state index is 14.0. The highest BCUT2D eigenvalue weighted by molar-refractivity contribution is 5.92. The van der Waals surface area contributed by atoms with Crippen molar-refractivity contribution in [1.29, 1.82) is 0 Å². The SMILES string of the molecule is CCCCCCCCCCCCCC(=O)N1CCCC1C(=O)NCCCCC(NC(=O)C1CCCN1C(=O)CCCCCCCCCCCCC)C(=O)N(CCCN)CCCN. The lowest BCUT2D eigenvalue weighted by atomic mass is 10.0. The standard InChI is InChI=1S/C50H95N7O5/c1-3-5-7-9-11-13-15-17-19-21-23-34-46(58)56-41-27-32-44(56)48(60)53-38-26-25-31-43(50(62)55(39-29-36-51)40-30-37-52)54-49(61)45-33-28-42-57(45)47(59)35-24-22-20-18-16-14-12-10-8-6-4-2/h43-45H,3-42,51-52H2,1-2H3,(H,53,60)(H,54,61). The Morgan fingerprint density at radius 2 is 0.935 bits per heavy atom. The van der Waals surface area contributed by atoms with E-state index in [1.54, 1.807) is 14.7 Å². The predicted molar refractivity (Wildman–Crippen MR) is 254 cm³/mol. The Morgan fingerprint density at radius 1 is 0.532 bits per heavy atom. The summed E-state index contributed by atoms with van der Waals surface area (Å²) >= 11 is 0. The van der Waals surface area contributed by atoms with Gasteiger partial charge in [0, 0.05) is 45.6 Å². The average Bonchev–Trinajstić information content (AvgIpc) is 3.98. The third-order valence-corrected chi connectivity index (χ3v) is 13.1. The largest absolute Gasteiger partial charge is 0.354 e. The van der Waals surface area contributed by atoms with Crippen LogP contribution in [0.25, 0.3) is 0 Å². The van der Waals surface area contributed by atoms with E-state index in [1.165, 1.54) is 109 Å². The van der Waals surface area contributed by atoms with Crippen LogP contribution in [0.15, 0.2) is 0 Å². The number of hydrogen-bond acceptors (Lipinski definition) is 7. The number of hydrogen-bond donors (Lipinski definition) is 4. The number of unbranched alkanes of at least 4 members (excludes halogenated alkanes) is 21.